The molecule has 19 heavy (non-hydrogen) atoms. The van der Waals surface area contributed by atoms with Crippen molar-refractivity contribution in [1.82, 2.24) is 4.90 Å². The first-order valence-corrected chi connectivity index (χ1v) is 6.68. The SMILES string of the molecule is CC(C)N1CCN(c2ccc(OB(O)O)cc2)CC1. The molecule has 0 unspecified atom stereocenters. The molecule has 5 nitrogen and oxygen atoms in total. The summed E-state index contributed by atoms with van der Waals surface area (Å²) in [5.74, 6) is 0.458. The maximum absolute atomic E-state index is 8.72. The van der Waals surface area contributed by atoms with Crippen LogP contribution < -0.4 is 9.55 Å². The summed E-state index contributed by atoms with van der Waals surface area (Å²) in [5.41, 5.74) is 1.14. The molecule has 1 fully saturated rings. The lowest BCUT2D eigenvalue weighted by atomic mass is 10.2. The van der Waals surface area contributed by atoms with E-state index in [4.69, 9.17) is 14.7 Å². The van der Waals surface area contributed by atoms with Gasteiger partial charge in [0.25, 0.3) is 0 Å². The minimum Gasteiger partial charge on any atom is -0.512 e. The van der Waals surface area contributed by atoms with Crippen molar-refractivity contribution in [2.75, 3.05) is 31.1 Å². The smallest absolute Gasteiger partial charge is 0.512 e. The van der Waals surface area contributed by atoms with E-state index < -0.39 is 7.32 Å². The van der Waals surface area contributed by atoms with Gasteiger partial charge in [-0.1, -0.05) is 0 Å². The molecule has 0 bridgehead atoms. The van der Waals surface area contributed by atoms with Crippen LogP contribution in [0.5, 0.6) is 5.75 Å². The number of hydrogen-bond acceptors (Lipinski definition) is 5. The highest BCUT2D eigenvalue weighted by Gasteiger charge is 2.19. The van der Waals surface area contributed by atoms with Gasteiger partial charge in [-0.2, -0.15) is 0 Å². The zero-order chi connectivity index (χ0) is 13.8. The third-order valence-corrected chi connectivity index (χ3v) is 3.49. The maximum atomic E-state index is 8.72. The Bertz CT molecular complexity index is 389. The van der Waals surface area contributed by atoms with Gasteiger partial charge in [0.05, 0.1) is 0 Å². The van der Waals surface area contributed by atoms with Crippen LogP contribution in [0.1, 0.15) is 13.8 Å². The van der Waals surface area contributed by atoms with E-state index in [1.165, 1.54) is 0 Å². The van der Waals surface area contributed by atoms with Crippen LogP contribution in [0.2, 0.25) is 0 Å². The normalized spacial score (nSPS) is 16.8. The Morgan fingerprint density at radius 1 is 1.05 bits per heavy atom. The molecule has 1 aromatic carbocycles. The molecule has 0 radical (unpaired) electrons. The van der Waals surface area contributed by atoms with Gasteiger partial charge in [-0.05, 0) is 38.1 Å². The van der Waals surface area contributed by atoms with Crippen molar-refractivity contribution < 1.29 is 14.7 Å². The predicted octanol–water partition coefficient (Wildman–Crippen LogP) is 0.565. The lowest BCUT2D eigenvalue weighted by Crippen LogP contribution is -2.48. The van der Waals surface area contributed by atoms with Crippen molar-refractivity contribution in [3.05, 3.63) is 24.3 Å². The lowest BCUT2D eigenvalue weighted by molar-refractivity contribution is 0.209. The Kier molecular flexibility index (Phi) is 4.68. The summed E-state index contributed by atoms with van der Waals surface area (Å²) < 4.78 is 4.79. The highest BCUT2D eigenvalue weighted by molar-refractivity contribution is 6.33. The molecule has 1 aromatic rings. The van der Waals surface area contributed by atoms with E-state index in [1.54, 1.807) is 12.1 Å². The van der Waals surface area contributed by atoms with Crippen LogP contribution in [0.4, 0.5) is 5.69 Å². The fourth-order valence-electron chi connectivity index (χ4n) is 2.35. The van der Waals surface area contributed by atoms with Gasteiger partial charge < -0.3 is 19.6 Å². The third-order valence-electron chi connectivity index (χ3n) is 3.49. The Hall–Kier alpha value is -1.24. The number of benzene rings is 1. The Balaban J connectivity index is 1.92. The van der Waals surface area contributed by atoms with Gasteiger partial charge in [-0.25, -0.2) is 0 Å². The van der Waals surface area contributed by atoms with Crippen LogP contribution >= 0.6 is 0 Å². The Morgan fingerprint density at radius 3 is 2.11 bits per heavy atom. The Morgan fingerprint density at radius 2 is 1.63 bits per heavy atom. The summed E-state index contributed by atoms with van der Waals surface area (Å²) in [4.78, 5) is 4.80. The van der Waals surface area contributed by atoms with Gasteiger partial charge in [0, 0.05) is 37.9 Å². The number of hydrogen-bond donors (Lipinski definition) is 2. The monoisotopic (exact) mass is 264 g/mol. The minimum atomic E-state index is -1.76. The minimum absolute atomic E-state index is 0.458. The molecule has 1 aliphatic heterocycles. The first kappa shape index (κ1) is 14.2. The van der Waals surface area contributed by atoms with Gasteiger partial charge in [-0.15, -0.1) is 0 Å². The molecule has 0 aromatic heterocycles. The molecule has 1 saturated heterocycles. The van der Waals surface area contributed by atoms with E-state index in [0.717, 1.165) is 31.9 Å². The number of nitrogens with zero attached hydrogens (tertiary/aromatic N) is 2. The fraction of sp³-hybridized carbons (Fsp3) is 0.538. The molecule has 0 atom stereocenters. The molecule has 2 rings (SSSR count). The van der Waals surface area contributed by atoms with Crippen molar-refractivity contribution in [3.63, 3.8) is 0 Å². The largest absolute Gasteiger partial charge is 0.707 e. The van der Waals surface area contributed by atoms with E-state index in [1.807, 2.05) is 12.1 Å². The third kappa shape index (κ3) is 3.86. The first-order chi connectivity index (χ1) is 9.06. The van der Waals surface area contributed by atoms with Gasteiger partial charge in [0.15, 0.2) is 0 Å². The number of anilines is 1. The van der Waals surface area contributed by atoms with Crippen molar-refractivity contribution in [1.29, 1.82) is 0 Å². The second kappa shape index (κ2) is 6.28. The molecule has 1 heterocycles. The highest BCUT2D eigenvalue weighted by atomic mass is 16.6. The molecule has 0 saturated carbocycles. The topological polar surface area (TPSA) is 56.2 Å². The first-order valence-electron chi connectivity index (χ1n) is 6.68. The summed E-state index contributed by atoms with van der Waals surface area (Å²) >= 11 is 0. The molecule has 0 aliphatic carbocycles. The quantitative estimate of drug-likeness (QED) is 0.778. The van der Waals surface area contributed by atoms with Gasteiger partial charge in [-0.3, -0.25) is 4.90 Å². The molecular formula is C13H21BN2O3. The lowest BCUT2D eigenvalue weighted by Gasteiger charge is -2.38. The summed E-state index contributed by atoms with van der Waals surface area (Å²) in [5, 5.41) is 17.4. The standard InChI is InChI=1S/C13H21BN2O3/c1-11(2)15-7-9-16(10-8-15)12-3-5-13(6-4-12)19-14(17)18/h3-6,11,17-18H,7-10H2,1-2H3. The van der Waals surface area contributed by atoms with Crippen LogP contribution in [0, 0.1) is 0 Å². The van der Waals surface area contributed by atoms with Crippen LogP contribution in [0.25, 0.3) is 0 Å². The van der Waals surface area contributed by atoms with Crippen molar-refractivity contribution in [2.45, 2.75) is 19.9 Å². The van der Waals surface area contributed by atoms with E-state index in [9.17, 15) is 0 Å². The van der Waals surface area contributed by atoms with Crippen LogP contribution in [-0.2, 0) is 0 Å². The van der Waals surface area contributed by atoms with Gasteiger partial charge in [0.2, 0.25) is 0 Å². The summed E-state index contributed by atoms with van der Waals surface area (Å²) in [6.45, 7) is 8.63. The molecular weight excluding hydrogens is 243 g/mol. The molecule has 6 heteroatoms. The summed E-state index contributed by atoms with van der Waals surface area (Å²) in [6.07, 6.45) is 0. The average molecular weight is 264 g/mol. The highest BCUT2D eigenvalue weighted by Crippen LogP contribution is 2.21. The molecule has 2 N–H and O–H groups in total. The van der Waals surface area contributed by atoms with Crippen LogP contribution in [0.3, 0.4) is 0 Å². The fourth-order valence-corrected chi connectivity index (χ4v) is 2.35. The van der Waals surface area contributed by atoms with E-state index in [0.29, 0.717) is 11.8 Å². The zero-order valence-corrected chi connectivity index (χ0v) is 11.5. The van der Waals surface area contributed by atoms with Crippen molar-refractivity contribution >= 4 is 13.0 Å². The predicted molar refractivity (Wildman–Crippen MR) is 76.2 cm³/mol. The second-order valence-corrected chi connectivity index (χ2v) is 5.05. The van der Waals surface area contributed by atoms with Gasteiger partial charge >= 0.3 is 7.32 Å². The summed E-state index contributed by atoms with van der Waals surface area (Å²) in [7, 11) is -1.76. The zero-order valence-electron chi connectivity index (χ0n) is 11.5. The molecule has 0 amide bonds. The average Bonchev–Trinajstić information content (AvgIpc) is 2.39. The van der Waals surface area contributed by atoms with Crippen LogP contribution in [0.15, 0.2) is 24.3 Å². The van der Waals surface area contributed by atoms with Gasteiger partial charge in [0.1, 0.15) is 5.75 Å². The van der Waals surface area contributed by atoms with Crippen molar-refractivity contribution in [3.8, 4) is 5.75 Å². The van der Waals surface area contributed by atoms with E-state index in [2.05, 4.69) is 23.6 Å². The Labute approximate surface area is 114 Å². The second-order valence-electron chi connectivity index (χ2n) is 5.05. The molecule has 0 spiro atoms. The number of piperazine rings is 1. The number of rotatable bonds is 4. The van der Waals surface area contributed by atoms with E-state index in [-0.39, 0.29) is 0 Å². The summed E-state index contributed by atoms with van der Waals surface area (Å²) in [6, 6.07) is 8.00. The van der Waals surface area contributed by atoms with Crippen molar-refractivity contribution in [2.24, 2.45) is 0 Å². The molecule has 1 aliphatic rings. The molecule has 104 valence electrons. The van der Waals surface area contributed by atoms with Crippen LogP contribution in [-0.4, -0.2) is 54.5 Å². The maximum Gasteiger partial charge on any atom is 0.707 e. The van der Waals surface area contributed by atoms with E-state index >= 15 is 0 Å².